The lowest BCUT2D eigenvalue weighted by Crippen LogP contribution is -2.37. The Morgan fingerprint density at radius 2 is 2.10 bits per heavy atom. The van der Waals surface area contributed by atoms with Gasteiger partial charge in [-0.25, -0.2) is 4.39 Å². The van der Waals surface area contributed by atoms with Gasteiger partial charge in [0.1, 0.15) is 5.82 Å². The van der Waals surface area contributed by atoms with Gasteiger partial charge in [0.05, 0.1) is 6.54 Å². The lowest BCUT2D eigenvalue weighted by Gasteiger charge is -2.25. The normalized spacial score (nSPS) is 14.7. The molecule has 2 rings (SSSR count). The summed E-state index contributed by atoms with van der Waals surface area (Å²) in [5.74, 6) is -0.123. The van der Waals surface area contributed by atoms with Crippen molar-refractivity contribution in [1.29, 1.82) is 0 Å². The van der Waals surface area contributed by atoms with E-state index in [1.807, 2.05) is 22.9 Å². The minimum Gasteiger partial charge on any atom is -0.365 e. The molecule has 0 aliphatic carbocycles. The molecule has 1 saturated heterocycles. The summed E-state index contributed by atoms with van der Waals surface area (Å²) >= 11 is 0. The zero-order valence-corrected chi connectivity index (χ0v) is 12.2. The molecule has 0 bridgehead atoms. The van der Waals surface area contributed by atoms with Gasteiger partial charge < -0.3 is 15.1 Å². The van der Waals surface area contributed by atoms with Gasteiger partial charge in [0.15, 0.2) is 0 Å². The molecule has 1 aromatic rings. The highest BCUT2D eigenvalue weighted by atomic mass is 19.1. The first kappa shape index (κ1) is 14.8. The van der Waals surface area contributed by atoms with Crippen LogP contribution in [-0.4, -0.2) is 44.5 Å². The Kier molecular flexibility index (Phi) is 4.95. The quantitative estimate of drug-likeness (QED) is 0.889. The number of rotatable bonds is 5. The molecule has 0 atom stereocenters. The van der Waals surface area contributed by atoms with E-state index in [1.54, 1.807) is 13.1 Å². The first-order valence-corrected chi connectivity index (χ1v) is 7.04. The summed E-state index contributed by atoms with van der Waals surface area (Å²) in [6.45, 7) is 2.43. The number of hydrogen-bond donors (Lipinski definition) is 1. The van der Waals surface area contributed by atoms with Gasteiger partial charge in [0.25, 0.3) is 0 Å². The maximum atomic E-state index is 13.9. The summed E-state index contributed by atoms with van der Waals surface area (Å²) in [5, 5.41) is 2.97. The van der Waals surface area contributed by atoms with Crippen molar-refractivity contribution < 1.29 is 9.18 Å². The third kappa shape index (κ3) is 3.28. The minimum atomic E-state index is -0.239. The van der Waals surface area contributed by atoms with Gasteiger partial charge in [-0.2, -0.15) is 0 Å². The van der Waals surface area contributed by atoms with Crippen molar-refractivity contribution in [3.8, 4) is 0 Å². The Balaban J connectivity index is 2.10. The SMILES string of the molecule is CNCc1c(F)cccc1N(C)CC(=O)N1CCCC1. The number of carbonyl (C=O) groups excluding carboxylic acids is 1. The van der Waals surface area contributed by atoms with E-state index in [2.05, 4.69) is 5.32 Å². The highest BCUT2D eigenvalue weighted by Crippen LogP contribution is 2.22. The molecule has 0 aromatic heterocycles. The number of likely N-dealkylation sites (tertiary alicyclic amines) is 1. The average molecular weight is 279 g/mol. The standard InChI is InChI=1S/C15H22FN3O/c1-17-10-12-13(16)6-5-7-14(12)18(2)11-15(20)19-8-3-4-9-19/h5-7,17H,3-4,8-11H2,1-2H3. The van der Waals surface area contributed by atoms with Crippen molar-refractivity contribution >= 4 is 11.6 Å². The molecule has 0 unspecified atom stereocenters. The molecule has 1 heterocycles. The molecule has 0 saturated carbocycles. The summed E-state index contributed by atoms with van der Waals surface area (Å²) in [6, 6.07) is 4.99. The molecule has 1 aliphatic rings. The number of nitrogens with one attached hydrogen (secondary N) is 1. The Bertz CT molecular complexity index is 472. The first-order valence-electron chi connectivity index (χ1n) is 7.04. The van der Waals surface area contributed by atoms with E-state index in [1.165, 1.54) is 6.07 Å². The highest BCUT2D eigenvalue weighted by molar-refractivity contribution is 5.82. The second-order valence-corrected chi connectivity index (χ2v) is 5.21. The van der Waals surface area contributed by atoms with Crippen molar-refractivity contribution in [1.82, 2.24) is 10.2 Å². The lowest BCUT2D eigenvalue weighted by atomic mass is 10.1. The van der Waals surface area contributed by atoms with Crippen LogP contribution >= 0.6 is 0 Å². The van der Waals surface area contributed by atoms with E-state index in [0.717, 1.165) is 31.6 Å². The molecule has 5 heteroatoms. The van der Waals surface area contributed by atoms with Gasteiger partial charge in [0.2, 0.25) is 5.91 Å². The number of hydrogen-bond acceptors (Lipinski definition) is 3. The van der Waals surface area contributed by atoms with Crippen LogP contribution in [0.2, 0.25) is 0 Å². The number of carbonyl (C=O) groups is 1. The van der Waals surface area contributed by atoms with E-state index >= 15 is 0 Å². The predicted octanol–water partition coefficient (Wildman–Crippen LogP) is 1.60. The van der Waals surface area contributed by atoms with Gasteiger partial charge in [-0.1, -0.05) is 6.07 Å². The Labute approximate surface area is 119 Å². The number of nitrogens with zero attached hydrogens (tertiary/aromatic N) is 2. The topological polar surface area (TPSA) is 35.6 Å². The average Bonchev–Trinajstić information content (AvgIpc) is 2.95. The molecule has 1 aromatic carbocycles. The van der Waals surface area contributed by atoms with E-state index < -0.39 is 0 Å². The van der Waals surface area contributed by atoms with Crippen molar-refractivity contribution in [2.75, 3.05) is 38.6 Å². The Morgan fingerprint density at radius 3 is 2.75 bits per heavy atom. The van der Waals surface area contributed by atoms with Crippen LogP contribution in [0.25, 0.3) is 0 Å². The molecule has 1 aliphatic heterocycles. The molecule has 1 amide bonds. The minimum absolute atomic E-state index is 0.115. The van der Waals surface area contributed by atoms with Gasteiger partial charge in [0, 0.05) is 37.9 Å². The Morgan fingerprint density at radius 1 is 1.40 bits per heavy atom. The summed E-state index contributed by atoms with van der Waals surface area (Å²) < 4.78 is 13.9. The van der Waals surface area contributed by atoms with Crippen molar-refractivity contribution in [3.63, 3.8) is 0 Å². The van der Waals surface area contributed by atoms with E-state index in [-0.39, 0.29) is 11.7 Å². The largest absolute Gasteiger partial charge is 0.365 e. The van der Waals surface area contributed by atoms with E-state index in [0.29, 0.717) is 18.7 Å². The van der Waals surface area contributed by atoms with Crippen LogP contribution in [0.5, 0.6) is 0 Å². The molecular formula is C15H22FN3O. The fourth-order valence-electron chi connectivity index (χ4n) is 2.61. The van der Waals surface area contributed by atoms with Crippen LogP contribution in [0.3, 0.4) is 0 Å². The van der Waals surface area contributed by atoms with Crippen LogP contribution < -0.4 is 10.2 Å². The van der Waals surface area contributed by atoms with Gasteiger partial charge in [-0.15, -0.1) is 0 Å². The molecule has 0 spiro atoms. The van der Waals surface area contributed by atoms with Gasteiger partial charge in [-0.3, -0.25) is 4.79 Å². The number of likely N-dealkylation sites (N-methyl/N-ethyl adjacent to an activating group) is 1. The predicted molar refractivity (Wildman–Crippen MR) is 78.2 cm³/mol. The zero-order valence-electron chi connectivity index (χ0n) is 12.2. The maximum Gasteiger partial charge on any atom is 0.242 e. The fraction of sp³-hybridized carbons (Fsp3) is 0.533. The molecule has 1 fully saturated rings. The smallest absolute Gasteiger partial charge is 0.242 e. The number of benzene rings is 1. The molecular weight excluding hydrogens is 257 g/mol. The van der Waals surface area contributed by atoms with Crippen molar-refractivity contribution in [3.05, 3.63) is 29.6 Å². The second-order valence-electron chi connectivity index (χ2n) is 5.21. The monoisotopic (exact) mass is 279 g/mol. The van der Waals surface area contributed by atoms with Crippen LogP contribution in [0.1, 0.15) is 18.4 Å². The molecule has 20 heavy (non-hydrogen) atoms. The van der Waals surface area contributed by atoms with Crippen LogP contribution in [-0.2, 0) is 11.3 Å². The van der Waals surface area contributed by atoms with Crippen LogP contribution in [0.4, 0.5) is 10.1 Å². The number of halogens is 1. The second kappa shape index (κ2) is 6.70. The third-order valence-corrected chi connectivity index (χ3v) is 3.69. The van der Waals surface area contributed by atoms with Crippen molar-refractivity contribution in [2.24, 2.45) is 0 Å². The fourth-order valence-corrected chi connectivity index (χ4v) is 2.61. The maximum absolute atomic E-state index is 13.9. The summed E-state index contributed by atoms with van der Waals surface area (Å²) in [6.07, 6.45) is 2.17. The third-order valence-electron chi connectivity index (χ3n) is 3.69. The highest BCUT2D eigenvalue weighted by Gasteiger charge is 2.20. The molecule has 0 radical (unpaired) electrons. The number of amides is 1. The van der Waals surface area contributed by atoms with E-state index in [4.69, 9.17) is 0 Å². The van der Waals surface area contributed by atoms with Crippen LogP contribution in [0.15, 0.2) is 18.2 Å². The zero-order chi connectivity index (χ0) is 14.5. The molecule has 110 valence electrons. The Hall–Kier alpha value is -1.62. The van der Waals surface area contributed by atoms with E-state index in [9.17, 15) is 9.18 Å². The lowest BCUT2D eigenvalue weighted by molar-refractivity contribution is -0.128. The van der Waals surface area contributed by atoms with Gasteiger partial charge in [-0.05, 0) is 32.0 Å². The summed E-state index contributed by atoms with van der Waals surface area (Å²) in [7, 11) is 3.62. The van der Waals surface area contributed by atoms with Crippen LogP contribution in [0, 0.1) is 5.82 Å². The van der Waals surface area contributed by atoms with Gasteiger partial charge >= 0.3 is 0 Å². The first-order chi connectivity index (χ1) is 9.63. The van der Waals surface area contributed by atoms with Crippen molar-refractivity contribution in [2.45, 2.75) is 19.4 Å². The summed E-state index contributed by atoms with van der Waals surface area (Å²) in [4.78, 5) is 15.9. The molecule has 1 N–H and O–H groups in total. The summed E-state index contributed by atoms with van der Waals surface area (Å²) in [5.41, 5.74) is 1.37. The molecule has 4 nitrogen and oxygen atoms in total. The number of anilines is 1.